The molecule has 0 bridgehead atoms. The first-order valence-corrected chi connectivity index (χ1v) is 6.33. The molecule has 86 valence electrons. The van der Waals surface area contributed by atoms with Gasteiger partial charge in [-0.15, -0.1) is 23.7 Å². The van der Waals surface area contributed by atoms with E-state index in [-0.39, 0.29) is 11.9 Å². The van der Waals surface area contributed by atoms with Crippen molar-refractivity contribution in [1.82, 2.24) is 5.32 Å². The summed E-state index contributed by atoms with van der Waals surface area (Å²) in [7, 11) is 0. The summed E-state index contributed by atoms with van der Waals surface area (Å²) in [6, 6.07) is 0.0240. The van der Waals surface area contributed by atoms with Gasteiger partial charge in [0.2, 0.25) is 0 Å². The summed E-state index contributed by atoms with van der Waals surface area (Å²) in [5.74, 6) is 2.42. The Morgan fingerprint density at radius 1 is 1.75 bits per heavy atom. The summed E-state index contributed by atoms with van der Waals surface area (Å²) >= 11 is 7.38. The number of nitrogens with one attached hydrogen (secondary N) is 1. The van der Waals surface area contributed by atoms with Crippen molar-refractivity contribution < 1.29 is 4.79 Å². The molecule has 0 aliphatic heterocycles. The van der Waals surface area contributed by atoms with Crippen LogP contribution < -0.4 is 5.32 Å². The minimum absolute atomic E-state index is 0.0240. The first-order valence-electron chi connectivity index (χ1n) is 5.08. The number of aryl methyl sites for hydroxylation is 1. The van der Waals surface area contributed by atoms with Crippen LogP contribution in [0.1, 0.15) is 35.0 Å². The highest BCUT2D eigenvalue weighted by atomic mass is 35.5. The number of hydrogen-bond acceptors (Lipinski definition) is 2. The van der Waals surface area contributed by atoms with E-state index in [0.717, 1.165) is 12.0 Å². The Bertz CT molecular complexity index is 419. The van der Waals surface area contributed by atoms with Crippen LogP contribution >= 0.6 is 22.9 Å². The van der Waals surface area contributed by atoms with E-state index in [1.54, 1.807) is 0 Å². The summed E-state index contributed by atoms with van der Waals surface area (Å²) < 4.78 is 0. The van der Waals surface area contributed by atoms with Crippen molar-refractivity contribution in [3.8, 4) is 12.3 Å². The molecule has 1 N–H and O–H groups in total. The minimum Gasteiger partial charge on any atom is -0.348 e. The number of amides is 1. The Morgan fingerprint density at radius 2 is 2.44 bits per heavy atom. The third-order valence-electron chi connectivity index (χ3n) is 2.30. The van der Waals surface area contributed by atoms with Gasteiger partial charge in [0.25, 0.3) is 5.91 Å². The van der Waals surface area contributed by atoms with E-state index in [1.807, 2.05) is 19.2 Å². The van der Waals surface area contributed by atoms with Gasteiger partial charge in [0.05, 0.1) is 5.02 Å². The number of halogens is 1. The smallest absolute Gasteiger partial charge is 0.263 e. The monoisotopic (exact) mass is 255 g/mol. The van der Waals surface area contributed by atoms with E-state index in [0.29, 0.717) is 16.3 Å². The van der Waals surface area contributed by atoms with Gasteiger partial charge in [-0.3, -0.25) is 4.79 Å². The predicted octanol–water partition coefficient (Wildman–Crippen LogP) is 3.24. The van der Waals surface area contributed by atoms with Gasteiger partial charge in [0.15, 0.2) is 0 Å². The maximum absolute atomic E-state index is 11.9. The molecular weight excluding hydrogens is 242 g/mol. The lowest BCUT2D eigenvalue weighted by Gasteiger charge is -2.13. The highest BCUT2D eigenvalue weighted by Gasteiger charge is 2.17. The number of rotatable bonds is 4. The second-order valence-electron chi connectivity index (χ2n) is 3.55. The SMILES string of the molecule is C#CCC(CC)NC(=O)c1scc(C)c1Cl. The van der Waals surface area contributed by atoms with Crippen LogP contribution in [0.3, 0.4) is 0 Å². The zero-order chi connectivity index (χ0) is 12.1. The molecule has 1 unspecified atom stereocenters. The molecule has 0 aliphatic carbocycles. The van der Waals surface area contributed by atoms with Crippen molar-refractivity contribution in [1.29, 1.82) is 0 Å². The van der Waals surface area contributed by atoms with Crippen LogP contribution in [0.5, 0.6) is 0 Å². The Hall–Kier alpha value is -0.980. The molecule has 1 heterocycles. The molecule has 4 heteroatoms. The number of hydrogen-bond donors (Lipinski definition) is 1. The third-order valence-corrected chi connectivity index (χ3v) is 3.99. The molecule has 1 amide bonds. The van der Waals surface area contributed by atoms with Crippen LogP contribution in [0.2, 0.25) is 5.02 Å². The lowest BCUT2D eigenvalue weighted by atomic mass is 10.1. The van der Waals surface area contributed by atoms with E-state index in [2.05, 4.69) is 11.2 Å². The molecule has 1 rings (SSSR count). The first kappa shape index (κ1) is 13.1. The van der Waals surface area contributed by atoms with Crippen LogP contribution in [-0.4, -0.2) is 11.9 Å². The molecule has 0 aliphatic rings. The predicted molar refractivity (Wildman–Crippen MR) is 69.1 cm³/mol. The van der Waals surface area contributed by atoms with Crippen molar-refractivity contribution in [2.24, 2.45) is 0 Å². The topological polar surface area (TPSA) is 29.1 Å². The van der Waals surface area contributed by atoms with Crippen LogP contribution in [0, 0.1) is 19.3 Å². The van der Waals surface area contributed by atoms with E-state index < -0.39 is 0 Å². The Labute approximate surface area is 105 Å². The van der Waals surface area contributed by atoms with Crippen LogP contribution in [0.15, 0.2) is 5.38 Å². The van der Waals surface area contributed by atoms with Crippen LogP contribution in [-0.2, 0) is 0 Å². The number of carbonyl (C=O) groups is 1. The number of carbonyl (C=O) groups excluding carboxylic acids is 1. The molecule has 0 saturated heterocycles. The Kier molecular flexibility index (Phi) is 4.85. The Morgan fingerprint density at radius 3 is 2.88 bits per heavy atom. The van der Waals surface area contributed by atoms with E-state index >= 15 is 0 Å². The molecule has 0 fully saturated rings. The second-order valence-corrected chi connectivity index (χ2v) is 4.81. The zero-order valence-corrected chi connectivity index (χ0v) is 10.9. The molecule has 0 spiro atoms. The lowest BCUT2D eigenvalue weighted by Crippen LogP contribution is -2.33. The standard InChI is InChI=1S/C12H14ClNOS/c1-4-6-9(5-2)14-12(15)11-10(13)8(3)7-16-11/h1,7,9H,5-6H2,2-3H3,(H,14,15). The van der Waals surface area contributed by atoms with Crippen molar-refractivity contribution in [3.63, 3.8) is 0 Å². The number of terminal acetylenes is 1. The highest BCUT2D eigenvalue weighted by Crippen LogP contribution is 2.27. The van der Waals surface area contributed by atoms with E-state index in [1.165, 1.54) is 11.3 Å². The minimum atomic E-state index is -0.134. The van der Waals surface area contributed by atoms with Crippen LogP contribution in [0.25, 0.3) is 0 Å². The largest absolute Gasteiger partial charge is 0.348 e. The van der Waals surface area contributed by atoms with E-state index in [9.17, 15) is 4.79 Å². The van der Waals surface area contributed by atoms with Gasteiger partial charge < -0.3 is 5.32 Å². The molecule has 1 aromatic rings. The molecule has 16 heavy (non-hydrogen) atoms. The summed E-state index contributed by atoms with van der Waals surface area (Å²) in [5.41, 5.74) is 0.932. The van der Waals surface area contributed by atoms with Gasteiger partial charge in [0.1, 0.15) is 4.88 Å². The first-order chi connectivity index (χ1) is 7.60. The van der Waals surface area contributed by atoms with Gasteiger partial charge >= 0.3 is 0 Å². The van der Waals surface area contributed by atoms with Gasteiger partial charge in [-0.2, -0.15) is 0 Å². The maximum Gasteiger partial charge on any atom is 0.263 e. The molecule has 2 nitrogen and oxygen atoms in total. The van der Waals surface area contributed by atoms with Crippen LogP contribution in [0.4, 0.5) is 0 Å². The summed E-state index contributed by atoms with van der Waals surface area (Å²) in [6.45, 7) is 3.87. The van der Waals surface area contributed by atoms with Crippen molar-refractivity contribution >= 4 is 28.8 Å². The fourth-order valence-corrected chi connectivity index (χ4v) is 2.46. The number of thiophene rings is 1. The molecular formula is C12H14ClNOS. The summed E-state index contributed by atoms with van der Waals surface area (Å²) in [5, 5.41) is 5.30. The zero-order valence-electron chi connectivity index (χ0n) is 9.34. The summed E-state index contributed by atoms with van der Waals surface area (Å²) in [4.78, 5) is 12.4. The average molecular weight is 256 g/mol. The van der Waals surface area contributed by atoms with Crippen molar-refractivity contribution in [2.75, 3.05) is 0 Å². The normalized spacial score (nSPS) is 11.9. The van der Waals surface area contributed by atoms with Crippen molar-refractivity contribution in [2.45, 2.75) is 32.7 Å². The van der Waals surface area contributed by atoms with Gasteiger partial charge in [-0.25, -0.2) is 0 Å². The molecule has 0 aromatic carbocycles. The Balaban J connectivity index is 2.72. The molecule has 1 atom stereocenters. The van der Waals surface area contributed by atoms with E-state index in [4.69, 9.17) is 18.0 Å². The van der Waals surface area contributed by atoms with Gasteiger partial charge in [0, 0.05) is 12.5 Å². The molecule has 0 saturated carbocycles. The van der Waals surface area contributed by atoms with Gasteiger partial charge in [-0.1, -0.05) is 18.5 Å². The average Bonchev–Trinajstić information content (AvgIpc) is 2.59. The molecule has 0 radical (unpaired) electrons. The maximum atomic E-state index is 11.9. The van der Waals surface area contributed by atoms with Crippen molar-refractivity contribution in [3.05, 3.63) is 20.8 Å². The highest BCUT2D eigenvalue weighted by molar-refractivity contribution is 7.13. The fourth-order valence-electron chi connectivity index (χ4n) is 1.27. The lowest BCUT2D eigenvalue weighted by molar-refractivity contribution is 0.0941. The molecule has 1 aromatic heterocycles. The van der Waals surface area contributed by atoms with Gasteiger partial charge in [-0.05, 0) is 24.3 Å². The second kappa shape index (κ2) is 5.93. The quantitative estimate of drug-likeness (QED) is 0.823. The summed E-state index contributed by atoms with van der Waals surface area (Å²) in [6.07, 6.45) is 6.59. The third kappa shape index (κ3) is 3.01. The fraction of sp³-hybridized carbons (Fsp3) is 0.417.